The minimum atomic E-state index is -4.94. The first-order chi connectivity index (χ1) is 7.17. The Balaban J connectivity index is 0.000000385. The van der Waals surface area contributed by atoms with Crippen molar-refractivity contribution in [2.24, 2.45) is 0 Å². The molecule has 1 aromatic rings. The van der Waals surface area contributed by atoms with Crippen LogP contribution >= 0.6 is 7.26 Å². The van der Waals surface area contributed by atoms with Gasteiger partial charge in [0.15, 0.2) is 0 Å². The SMILES string of the molecule is CC[P+](C)(C)c1ccccc1.[O-][Cl+3]([O-])([O-])[O-]. The third-order valence-corrected chi connectivity index (χ3v) is 5.52. The molecule has 0 aliphatic heterocycles. The summed E-state index contributed by atoms with van der Waals surface area (Å²) in [7, 11) is -5.72. The van der Waals surface area contributed by atoms with E-state index in [1.807, 2.05) is 0 Å². The number of hydrogen-bond donors (Lipinski definition) is 0. The van der Waals surface area contributed by atoms with E-state index in [4.69, 9.17) is 18.6 Å². The summed E-state index contributed by atoms with van der Waals surface area (Å²) in [5.74, 6) is 0. The lowest BCUT2D eigenvalue weighted by Crippen LogP contribution is -2.68. The fourth-order valence-electron chi connectivity index (χ4n) is 1.01. The lowest BCUT2D eigenvalue weighted by atomic mass is 10.4. The van der Waals surface area contributed by atoms with Gasteiger partial charge in [-0.3, -0.25) is 0 Å². The van der Waals surface area contributed by atoms with Crippen molar-refractivity contribution in [3.05, 3.63) is 30.3 Å². The molecule has 0 aromatic heterocycles. The number of rotatable bonds is 2. The lowest BCUT2D eigenvalue weighted by molar-refractivity contribution is -2.00. The summed E-state index contributed by atoms with van der Waals surface area (Å²) in [4.78, 5) is 0. The molecule has 0 heterocycles. The van der Waals surface area contributed by atoms with Crippen LogP contribution in [-0.2, 0) is 0 Å². The molecule has 1 rings (SSSR count). The first-order valence-electron chi connectivity index (χ1n) is 4.67. The van der Waals surface area contributed by atoms with E-state index < -0.39 is 17.5 Å². The van der Waals surface area contributed by atoms with Crippen molar-refractivity contribution in [3.8, 4) is 0 Å². The number of hydrogen-bond acceptors (Lipinski definition) is 4. The van der Waals surface area contributed by atoms with Gasteiger partial charge in [-0.1, -0.05) is 18.2 Å². The van der Waals surface area contributed by atoms with E-state index in [1.165, 1.54) is 6.16 Å². The van der Waals surface area contributed by atoms with Crippen molar-refractivity contribution in [3.63, 3.8) is 0 Å². The molecule has 4 nitrogen and oxygen atoms in total. The van der Waals surface area contributed by atoms with Crippen LogP contribution in [0.5, 0.6) is 0 Å². The van der Waals surface area contributed by atoms with Gasteiger partial charge in [-0.05, 0) is 19.1 Å². The van der Waals surface area contributed by atoms with Crippen LogP contribution in [0.2, 0.25) is 0 Å². The fraction of sp³-hybridized carbons (Fsp3) is 0.400. The maximum atomic E-state index is 8.49. The Morgan fingerprint density at radius 1 is 1.00 bits per heavy atom. The van der Waals surface area contributed by atoms with Crippen molar-refractivity contribution in [2.45, 2.75) is 6.92 Å². The van der Waals surface area contributed by atoms with Crippen LogP contribution in [0.4, 0.5) is 0 Å². The van der Waals surface area contributed by atoms with E-state index in [1.54, 1.807) is 5.30 Å². The Hall–Kier alpha value is -0.220. The monoisotopic (exact) mass is 266 g/mol. The van der Waals surface area contributed by atoms with Crippen LogP contribution < -0.4 is 23.9 Å². The van der Waals surface area contributed by atoms with Crippen LogP contribution in [0.1, 0.15) is 6.92 Å². The van der Waals surface area contributed by atoms with Gasteiger partial charge in [0.2, 0.25) is 0 Å². The van der Waals surface area contributed by atoms with Gasteiger partial charge in [-0.2, -0.15) is 0 Å². The number of halogens is 1. The predicted molar refractivity (Wildman–Crippen MR) is 55.4 cm³/mol. The molecular formula is C10H16ClO4P. The first-order valence-corrected chi connectivity index (χ1v) is 8.77. The van der Waals surface area contributed by atoms with Crippen molar-refractivity contribution < 1.29 is 28.9 Å². The van der Waals surface area contributed by atoms with E-state index in [9.17, 15) is 0 Å². The molecule has 0 aliphatic carbocycles. The Labute approximate surface area is 98.6 Å². The minimum Gasteiger partial charge on any atom is -0.222 e. The van der Waals surface area contributed by atoms with E-state index in [2.05, 4.69) is 50.6 Å². The maximum Gasteiger partial charge on any atom is 0.0933 e. The Bertz CT molecular complexity index is 291. The Morgan fingerprint density at radius 3 is 1.69 bits per heavy atom. The fourth-order valence-corrected chi connectivity index (χ4v) is 2.36. The maximum absolute atomic E-state index is 8.49. The highest BCUT2D eigenvalue weighted by Crippen LogP contribution is 2.48. The molecular weight excluding hydrogens is 251 g/mol. The zero-order valence-corrected chi connectivity index (χ0v) is 11.2. The summed E-state index contributed by atoms with van der Waals surface area (Å²) in [6, 6.07) is 10.8. The topological polar surface area (TPSA) is 92.2 Å². The molecule has 0 atom stereocenters. The smallest absolute Gasteiger partial charge is 0.0933 e. The molecule has 1 aromatic carbocycles. The standard InChI is InChI=1S/C10H16P.ClHO4/c1-4-11(2,3)10-8-6-5-7-9-10;2-1(3,4)5/h5-9H,4H2,1-3H3;(H,2,3,4,5)/q+1;/p-1. The van der Waals surface area contributed by atoms with Crippen LogP contribution in [0, 0.1) is 10.2 Å². The Kier molecular flexibility index (Phi) is 6.41. The van der Waals surface area contributed by atoms with E-state index >= 15 is 0 Å². The molecule has 16 heavy (non-hydrogen) atoms. The van der Waals surface area contributed by atoms with Crippen LogP contribution in [0.25, 0.3) is 0 Å². The van der Waals surface area contributed by atoms with Gasteiger partial charge < -0.3 is 0 Å². The minimum absolute atomic E-state index is 0.776. The number of benzene rings is 1. The summed E-state index contributed by atoms with van der Waals surface area (Å²) in [6.07, 6.45) is 1.30. The van der Waals surface area contributed by atoms with E-state index in [0.717, 1.165) is 0 Å². The summed E-state index contributed by atoms with van der Waals surface area (Å²) in [5.41, 5.74) is 0. The molecule has 0 saturated heterocycles. The van der Waals surface area contributed by atoms with Gasteiger partial charge in [-0.15, -0.1) is 10.2 Å². The molecule has 0 saturated carbocycles. The third-order valence-electron chi connectivity index (χ3n) is 2.25. The Morgan fingerprint density at radius 2 is 1.38 bits per heavy atom. The highest BCUT2D eigenvalue weighted by atomic mass is 35.7. The highest BCUT2D eigenvalue weighted by molar-refractivity contribution is 7.81. The normalized spacial score (nSPS) is 11.7. The van der Waals surface area contributed by atoms with Gasteiger partial charge in [0.05, 0.1) is 24.8 Å². The molecule has 0 aliphatic rings. The first kappa shape index (κ1) is 15.8. The average Bonchev–Trinajstić information content (AvgIpc) is 2.17. The van der Waals surface area contributed by atoms with Gasteiger partial charge in [0, 0.05) is 7.26 Å². The molecule has 92 valence electrons. The quantitative estimate of drug-likeness (QED) is 0.571. The van der Waals surface area contributed by atoms with Gasteiger partial charge in [0.1, 0.15) is 0 Å². The van der Waals surface area contributed by atoms with Crippen LogP contribution in [0.15, 0.2) is 30.3 Å². The lowest BCUT2D eigenvalue weighted by Gasteiger charge is -2.17. The highest BCUT2D eigenvalue weighted by Gasteiger charge is 2.24. The van der Waals surface area contributed by atoms with Crippen LogP contribution in [-0.4, -0.2) is 19.5 Å². The average molecular weight is 267 g/mol. The van der Waals surface area contributed by atoms with E-state index in [-0.39, 0.29) is 0 Å². The second-order valence-electron chi connectivity index (χ2n) is 3.71. The molecule has 0 unspecified atom stereocenters. The second-order valence-corrected chi connectivity index (χ2v) is 8.99. The molecule has 0 bridgehead atoms. The summed E-state index contributed by atoms with van der Waals surface area (Å²) in [6.45, 7) is 7.06. The predicted octanol–water partition coefficient (Wildman–Crippen LogP) is -2.15. The third kappa shape index (κ3) is 7.99. The molecule has 0 N–H and O–H groups in total. The van der Waals surface area contributed by atoms with Gasteiger partial charge in [-0.25, -0.2) is 18.6 Å². The van der Waals surface area contributed by atoms with Crippen molar-refractivity contribution in [1.29, 1.82) is 0 Å². The van der Waals surface area contributed by atoms with Gasteiger partial charge in [0.25, 0.3) is 0 Å². The molecule has 0 radical (unpaired) electrons. The van der Waals surface area contributed by atoms with Crippen molar-refractivity contribution >= 4 is 12.6 Å². The largest absolute Gasteiger partial charge is 0.222 e. The molecule has 0 amide bonds. The summed E-state index contributed by atoms with van der Waals surface area (Å²) < 4.78 is 34.0. The zero-order valence-electron chi connectivity index (χ0n) is 9.55. The summed E-state index contributed by atoms with van der Waals surface area (Å²) in [5, 5.41) is 1.54. The molecule has 6 heteroatoms. The second kappa shape index (κ2) is 6.50. The zero-order chi connectivity index (χ0) is 12.8. The van der Waals surface area contributed by atoms with E-state index in [0.29, 0.717) is 0 Å². The molecule has 0 spiro atoms. The van der Waals surface area contributed by atoms with Gasteiger partial charge >= 0.3 is 0 Å². The van der Waals surface area contributed by atoms with Crippen molar-refractivity contribution in [2.75, 3.05) is 19.5 Å². The molecule has 0 fully saturated rings. The van der Waals surface area contributed by atoms with Crippen molar-refractivity contribution in [1.82, 2.24) is 0 Å². The van der Waals surface area contributed by atoms with Crippen LogP contribution in [0.3, 0.4) is 0 Å². The summed E-state index contributed by atoms with van der Waals surface area (Å²) >= 11 is 0.